The topological polar surface area (TPSA) is 45.1 Å². The molecule has 0 atom stereocenters. The average Bonchev–Trinajstić information content (AvgIpc) is 2.31. The molecule has 0 aliphatic carbocycles. The van der Waals surface area contributed by atoms with Crippen LogP contribution in [-0.4, -0.2) is 22.2 Å². The van der Waals surface area contributed by atoms with E-state index in [1.807, 2.05) is 26.1 Å². The summed E-state index contributed by atoms with van der Waals surface area (Å²) in [7, 11) is 0. The Morgan fingerprint density at radius 3 is 2.62 bits per heavy atom. The van der Waals surface area contributed by atoms with Crippen LogP contribution in [0.25, 0.3) is 0 Å². The lowest BCUT2D eigenvalue weighted by Crippen LogP contribution is -2.39. The first kappa shape index (κ1) is 13.1. The van der Waals surface area contributed by atoms with Gasteiger partial charge >= 0.3 is 0 Å². The number of nitrogens with one attached hydrogen (secondary N) is 1. The number of hydrogen-bond donors (Lipinski definition) is 2. The van der Waals surface area contributed by atoms with E-state index in [4.69, 9.17) is 0 Å². The summed E-state index contributed by atoms with van der Waals surface area (Å²) in [6.45, 7) is 7.50. The third-order valence-corrected chi connectivity index (χ3v) is 3.23. The fourth-order valence-corrected chi connectivity index (χ4v) is 1.61. The molecule has 2 N–H and O–H groups in total. The summed E-state index contributed by atoms with van der Waals surface area (Å²) in [5.74, 6) is 0. The van der Waals surface area contributed by atoms with Crippen molar-refractivity contribution < 1.29 is 5.11 Å². The minimum Gasteiger partial charge on any atom is -0.389 e. The van der Waals surface area contributed by atoms with E-state index in [0.717, 1.165) is 19.4 Å². The fourth-order valence-electron chi connectivity index (χ4n) is 1.61. The molecule has 0 saturated heterocycles. The Balaban J connectivity index is 2.44. The summed E-state index contributed by atoms with van der Waals surface area (Å²) < 4.78 is 0. The van der Waals surface area contributed by atoms with Crippen LogP contribution in [0.4, 0.5) is 0 Å². The quantitative estimate of drug-likeness (QED) is 0.774. The molecule has 0 unspecified atom stereocenters. The molecular formula is C13H22N2O. The van der Waals surface area contributed by atoms with Gasteiger partial charge in [-0.1, -0.05) is 13.8 Å². The molecule has 0 aliphatic heterocycles. The van der Waals surface area contributed by atoms with Gasteiger partial charge in [0.15, 0.2) is 0 Å². The van der Waals surface area contributed by atoms with E-state index in [-0.39, 0.29) is 0 Å². The number of rotatable bonds is 6. The fraction of sp³-hybridized carbons (Fsp3) is 0.615. The standard InChI is InChI=1S/C13H22N2O/c1-4-13(16,5-2)10-15-9-12-8-14-7-6-11(12)3/h6-8,15-16H,4-5,9-10H2,1-3H3. The predicted octanol–water partition coefficient (Wildman–Crippen LogP) is 2.03. The highest BCUT2D eigenvalue weighted by atomic mass is 16.3. The molecule has 90 valence electrons. The molecule has 3 nitrogen and oxygen atoms in total. The van der Waals surface area contributed by atoms with E-state index in [9.17, 15) is 5.11 Å². The van der Waals surface area contributed by atoms with Gasteiger partial charge in [-0.15, -0.1) is 0 Å². The Kier molecular flexibility index (Phi) is 4.90. The Hall–Kier alpha value is -0.930. The van der Waals surface area contributed by atoms with E-state index in [1.54, 1.807) is 6.20 Å². The first-order valence-corrected chi connectivity index (χ1v) is 5.94. The van der Waals surface area contributed by atoms with Crippen molar-refractivity contribution >= 4 is 0 Å². The molecule has 0 radical (unpaired) electrons. The summed E-state index contributed by atoms with van der Waals surface area (Å²) in [5, 5.41) is 13.4. The molecule has 0 fully saturated rings. The van der Waals surface area contributed by atoms with Crippen molar-refractivity contribution in [2.45, 2.75) is 45.8 Å². The second-order valence-corrected chi connectivity index (χ2v) is 4.34. The lowest BCUT2D eigenvalue weighted by molar-refractivity contribution is 0.0323. The zero-order valence-electron chi connectivity index (χ0n) is 10.5. The number of nitrogens with zero attached hydrogens (tertiary/aromatic N) is 1. The van der Waals surface area contributed by atoms with Crippen molar-refractivity contribution in [1.29, 1.82) is 0 Å². The number of aliphatic hydroxyl groups is 1. The van der Waals surface area contributed by atoms with Crippen molar-refractivity contribution in [3.05, 3.63) is 29.6 Å². The highest BCUT2D eigenvalue weighted by Crippen LogP contribution is 2.13. The van der Waals surface area contributed by atoms with Crippen LogP contribution >= 0.6 is 0 Å². The summed E-state index contributed by atoms with van der Waals surface area (Å²) in [5.41, 5.74) is 1.85. The lowest BCUT2D eigenvalue weighted by Gasteiger charge is -2.25. The molecule has 0 amide bonds. The minimum atomic E-state index is -0.573. The largest absolute Gasteiger partial charge is 0.389 e. The molecule has 3 heteroatoms. The number of hydrogen-bond acceptors (Lipinski definition) is 3. The van der Waals surface area contributed by atoms with Crippen LogP contribution in [0.3, 0.4) is 0 Å². The first-order chi connectivity index (χ1) is 7.61. The highest BCUT2D eigenvalue weighted by molar-refractivity contribution is 5.21. The van der Waals surface area contributed by atoms with E-state index in [0.29, 0.717) is 6.54 Å². The van der Waals surface area contributed by atoms with Crippen LogP contribution in [-0.2, 0) is 6.54 Å². The van der Waals surface area contributed by atoms with Gasteiger partial charge in [0.1, 0.15) is 0 Å². The molecule has 0 aliphatic rings. The van der Waals surface area contributed by atoms with Gasteiger partial charge in [-0.2, -0.15) is 0 Å². The predicted molar refractivity (Wildman–Crippen MR) is 66.2 cm³/mol. The van der Waals surface area contributed by atoms with Crippen LogP contribution < -0.4 is 5.32 Å². The van der Waals surface area contributed by atoms with Crippen molar-refractivity contribution in [1.82, 2.24) is 10.3 Å². The van der Waals surface area contributed by atoms with Gasteiger partial charge in [0.2, 0.25) is 0 Å². The molecule has 1 aromatic heterocycles. The SMILES string of the molecule is CCC(O)(CC)CNCc1cnccc1C. The van der Waals surface area contributed by atoms with Crippen molar-refractivity contribution in [2.75, 3.05) is 6.54 Å². The third kappa shape index (κ3) is 3.58. The third-order valence-electron chi connectivity index (χ3n) is 3.23. The zero-order valence-corrected chi connectivity index (χ0v) is 10.5. The molecule has 0 aromatic carbocycles. The van der Waals surface area contributed by atoms with Gasteiger partial charge in [0, 0.05) is 25.5 Å². The number of aromatic nitrogens is 1. The Morgan fingerprint density at radius 2 is 2.06 bits per heavy atom. The van der Waals surface area contributed by atoms with Crippen LogP contribution in [0.15, 0.2) is 18.5 Å². The summed E-state index contributed by atoms with van der Waals surface area (Å²) >= 11 is 0. The first-order valence-electron chi connectivity index (χ1n) is 5.94. The van der Waals surface area contributed by atoms with Crippen LogP contribution in [0, 0.1) is 6.92 Å². The molecule has 1 heterocycles. The second-order valence-electron chi connectivity index (χ2n) is 4.34. The van der Waals surface area contributed by atoms with Crippen LogP contribution in [0.2, 0.25) is 0 Å². The maximum absolute atomic E-state index is 10.1. The van der Waals surface area contributed by atoms with Gasteiger partial charge in [-0.3, -0.25) is 4.98 Å². The van der Waals surface area contributed by atoms with Gasteiger partial charge in [0.05, 0.1) is 5.60 Å². The number of aryl methyl sites for hydroxylation is 1. The van der Waals surface area contributed by atoms with Crippen LogP contribution in [0.1, 0.15) is 37.8 Å². The molecule has 0 saturated carbocycles. The van der Waals surface area contributed by atoms with Crippen LogP contribution in [0.5, 0.6) is 0 Å². The van der Waals surface area contributed by atoms with Gasteiger partial charge in [-0.05, 0) is 37.0 Å². The smallest absolute Gasteiger partial charge is 0.0766 e. The van der Waals surface area contributed by atoms with Gasteiger partial charge in [0.25, 0.3) is 0 Å². The maximum atomic E-state index is 10.1. The molecule has 0 bridgehead atoms. The molecular weight excluding hydrogens is 200 g/mol. The Labute approximate surface area is 97.9 Å². The molecule has 16 heavy (non-hydrogen) atoms. The second kappa shape index (κ2) is 5.97. The van der Waals surface area contributed by atoms with E-state index in [2.05, 4.69) is 17.2 Å². The summed E-state index contributed by atoms with van der Waals surface area (Å²) in [4.78, 5) is 4.10. The lowest BCUT2D eigenvalue weighted by atomic mass is 9.97. The minimum absolute atomic E-state index is 0.573. The van der Waals surface area contributed by atoms with E-state index < -0.39 is 5.60 Å². The van der Waals surface area contributed by atoms with Gasteiger partial charge < -0.3 is 10.4 Å². The molecule has 1 aromatic rings. The van der Waals surface area contributed by atoms with Crippen molar-refractivity contribution in [3.8, 4) is 0 Å². The van der Waals surface area contributed by atoms with E-state index in [1.165, 1.54) is 11.1 Å². The summed E-state index contributed by atoms with van der Waals surface area (Å²) in [6.07, 6.45) is 5.23. The average molecular weight is 222 g/mol. The summed E-state index contributed by atoms with van der Waals surface area (Å²) in [6, 6.07) is 2.00. The van der Waals surface area contributed by atoms with Gasteiger partial charge in [-0.25, -0.2) is 0 Å². The van der Waals surface area contributed by atoms with Crippen molar-refractivity contribution in [2.24, 2.45) is 0 Å². The Bertz CT molecular complexity index is 321. The normalized spacial score (nSPS) is 11.8. The number of pyridine rings is 1. The molecule has 0 spiro atoms. The van der Waals surface area contributed by atoms with Crippen molar-refractivity contribution in [3.63, 3.8) is 0 Å². The molecule has 1 rings (SSSR count). The Morgan fingerprint density at radius 1 is 1.38 bits per heavy atom. The highest BCUT2D eigenvalue weighted by Gasteiger charge is 2.21. The zero-order chi connectivity index (χ0) is 12.0. The monoisotopic (exact) mass is 222 g/mol. The maximum Gasteiger partial charge on any atom is 0.0766 e. The van der Waals surface area contributed by atoms with E-state index >= 15 is 0 Å².